The number of sulfonamides is 1. The lowest BCUT2D eigenvalue weighted by Crippen LogP contribution is -2.47. The summed E-state index contributed by atoms with van der Waals surface area (Å²) < 4.78 is 27.0. The van der Waals surface area contributed by atoms with Gasteiger partial charge in [-0.2, -0.15) is 4.31 Å². The van der Waals surface area contributed by atoms with Gasteiger partial charge in [0, 0.05) is 25.7 Å². The van der Waals surface area contributed by atoms with Crippen LogP contribution in [0.15, 0.2) is 29.2 Å². The molecule has 1 aromatic rings. The van der Waals surface area contributed by atoms with Crippen LogP contribution in [0.4, 0.5) is 0 Å². The minimum atomic E-state index is -3.61. The summed E-state index contributed by atoms with van der Waals surface area (Å²) >= 11 is 0. The summed E-state index contributed by atoms with van der Waals surface area (Å²) in [6.07, 6.45) is 2.12. The number of aryl methyl sites for hydroxylation is 1. The summed E-state index contributed by atoms with van der Waals surface area (Å²) in [5, 5.41) is 5.04. The molecule has 2 N–H and O–H groups in total. The van der Waals surface area contributed by atoms with Crippen LogP contribution in [0.5, 0.6) is 0 Å². The van der Waals surface area contributed by atoms with Crippen LogP contribution in [-0.4, -0.2) is 50.2 Å². The topological polar surface area (TPSA) is 95.6 Å². The van der Waals surface area contributed by atoms with E-state index in [-0.39, 0.29) is 17.5 Å². The minimum absolute atomic E-state index is 0.128. The van der Waals surface area contributed by atoms with E-state index >= 15 is 0 Å². The van der Waals surface area contributed by atoms with Crippen molar-refractivity contribution >= 4 is 21.8 Å². The molecule has 1 aliphatic rings. The van der Waals surface area contributed by atoms with Crippen molar-refractivity contribution < 1.29 is 18.0 Å². The molecule has 1 aromatic carbocycles. The number of hydrogen-bond donors (Lipinski definition) is 2. The first-order chi connectivity index (χ1) is 11.9. The number of nitrogens with one attached hydrogen (secondary N) is 2. The quantitative estimate of drug-likeness (QED) is 0.727. The molecule has 1 saturated heterocycles. The molecule has 0 saturated carbocycles. The smallest absolute Gasteiger partial charge is 0.309 e. The van der Waals surface area contributed by atoms with Crippen molar-refractivity contribution in [1.82, 2.24) is 14.9 Å². The lowest BCUT2D eigenvalue weighted by Gasteiger charge is -2.24. The van der Waals surface area contributed by atoms with Gasteiger partial charge in [-0.25, -0.2) is 8.42 Å². The first-order valence-corrected chi connectivity index (χ1v) is 9.94. The number of amides is 2. The zero-order valence-electron chi connectivity index (χ0n) is 14.6. The van der Waals surface area contributed by atoms with E-state index in [4.69, 9.17) is 0 Å². The second kappa shape index (κ2) is 8.44. The molecule has 8 heteroatoms. The monoisotopic (exact) mass is 367 g/mol. The van der Waals surface area contributed by atoms with Crippen LogP contribution in [0.3, 0.4) is 0 Å². The molecule has 1 heterocycles. The van der Waals surface area contributed by atoms with Gasteiger partial charge in [-0.1, -0.05) is 24.6 Å². The highest BCUT2D eigenvalue weighted by molar-refractivity contribution is 7.89. The Morgan fingerprint density at radius 2 is 1.80 bits per heavy atom. The number of benzene rings is 1. The van der Waals surface area contributed by atoms with Crippen LogP contribution in [0, 0.1) is 6.92 Å². The van der Waals surface area contributed by atoms with Gasteiger partial charge in [0.2, 0.25) is 10.0 Å². The lowest BCUT2D eigenvalue weighted by atomic mass is 10.2. The Hall–Kier alpha value is -1.93. The molecule has 7 nitrogen and oxygen atoms in total. The number of nitrogens with zero attached hydrogens (tertiary/aromatic N) is 1. The molecule has 0 bridgehead atoms. The molecule has 138 valence electrons. The average molecular weight is 367 g/mol. The molecule has 0 aromatic heterocycles. The molecular formula is C17H25N3O4S. The van der Waals surface area contributed by atoms with Gasteiger partial charge in [0.25, 0.3) is 0 Å². The van der Waals surface area contributed by atoms with Crippen molar-refractivity contribution in [2.24, 2.45) is 0 Å². The third kappa shape index (κ3) is 4.79. The summed E-state index contributed by atoms with van der Waals surface area (Å²) in [5.41, 5.74) is 0.988. The van der Waals surface area contributed by atoms with Gasteiger partial charge in [0.15, 0.2) is 0 Å². The average Bonchev–Trinajstić information content (AvgIpc) is 3.07. The molecule has 1 aliphatic heterocycles. The second-order valence-electron chi connectivity index (χ2n) is 6.19. The van der Waals surface area contributed by atoms with E-state index in [2.05, 4.69) is 10.6 Å². The Bertz CT molecular complexity index is 716. The Balaban J connectivity index is 2.01. The highest BCUT2D eigenvalue weighted by Crippen LogP contribution is 2.25. The minimum Gasteiger partial charge on any atom is -0.348 e. The summed E-state index contributed by atoms with van der Waals surface area (Å²) in [6, 6.07) is 6.37. The summed E-state index contributed by atoms with van der Waals surface area (Å²) in [5.74, 6) is -1.42. The van der Waals surface area contributed by atoms with E-state index in [0.717, 1.165) is 18.4 Å². The zero-order valence-corrected chi connectivity index (χ0v) is 15.4. The number of carbonyl (C=O) groups is 2. The largest absolute Gasteiger partial charge is 0.348 e. The maximum Gasteiger partial charge on any atom is 0.309 e. The van der Waals surface area contributed by atoms with Gasteiger partial charge in [-0.05, 0) is 38.3 Å². The molecule has 0 radical (unpaired) electrons. The summed E-state index contributed by atoms with van der Waals surface area (Å²) in [4.78, 5) is 23.6. The van der Waals surface area contributed by atoms with Crippen LogP contribution in [0.2, 0.25) is 0 Å². The van der Waals surface area contributed by atoms with Gasteiger partial charge in [-0.3, -0.25) is 9.59 Å². The van der Waals surface area contributed by atoms with Crippen LogP contribution in [0.25, 0.3) is 0 Å². The van der Waals surface area contributed by atoms with E-state index in [9.17, 15) is 18.0 Å². The molecule has 1 fully saturated rings. The molecule has 2 amide bonds. The van der Waals surface area contributed by atoms with Crippen molar-refractivity contribution in [2.45, 2.75) is 44.0 Å². The van der Waals surface area contributed by atoms with Crippen LogP contribution >= 0.6 is 0 Å². The Morgan fingerprint density at radius 3 is 2.44 bits per heavy atom. The fourth-order valence-electron chi connectivity index (χ4n) is 2.78. The molecule has 25 heavy (non-hydrogen) atoms. The third-order valence-electron chi connectivity index (χ3n) is 4.19. The SMILES string of the molecule is CCCNC(=O)C(=O)NC[C@H]1CCCN1S(=O)(=O)c1ccc(C)cc1. The Kier molecular flexibility index (Phi) is 6.55. The summed E-state index contributed by atoms with van der Waals surface area (Å²) in [6.45, 7) is 4.77. The van der Waals surface area contributed by atoms with Gasteiger partial charge >= 0.3 is 11.8 Å². The van der Waals surface area contributed by atoms with Crippen molar-refractivity contribution in [2.75, 3.05) is 19.6 Å². The van der Waals surface area contributed by atoms with E-state index in [1.165, 1.54) is 4.31 Å². The van der Waals surface area contributed by atoms with Gasteiger partial charge in [0.1, 0.15) is 0 Å². The van der Waals surface area contributed by atoms with Gasteiger partial charge in [-0.15, -0.1) is 0 Å². The number of carbonyl (C=O) groups excluding carboxylic acids is 2. The van der Waals surface area contributed by atoms with Crippen molar-refractivity contribution in [3.8, 4) is 0 Å². The van der Waals surface area contributed by atoms with E-state index < -0.39 is 21.8 Å². The van der Waals surface area contributed by atoms with E-state index in [1.807, 2.05) is 13.8 Å². The highest BCUT2D eigenvalue weighted by atomic mass is 32.2. The highest BCUT2D eigenvalue weighted by Gasteiger charge is 2.35. The van der Waals surface area contributed by atoms with Crippen LogP contribution in [0.1, 0.15) is 31.7 Å². The predicted octanol–water partition coefficient (Wildman–Crippen LogP) is 0.791. The van der Waals surface area contributed by atoms with Gasteiger partial charge in [0.05, 0.1) is 4.90 Å². The van der Waals surface area contributed by atoms with Crippen molar-refractivity contribution in [3.05, 3.63) is 29.8 Å². The Morgan fingerprint density at radius 1 is 1.16 bits per heavy atom. The molecular weight excluding hydrogens is 342 g/mol. The predicted molar refractivity (Wildman–Crippen MR) is 94.4 cm³/mol. The van der Waals surface area contributed by atoms with Gasteiger partial charge < -0.3 is 10.6 Å². The van der Waals surface area contributed by atoms with Crippen LogP contribution in [-0.2, 0) is 19.6 Å². The van der Waals surface area contributed by atoms with E-state index in [1.54, 1.807) is 24.3 Å². The second-order valence-corrected chi connectivity index (χ2v) is 8.08. The number of hydrogen-bond acceptors (Lipinski definition) is 4. The summed E-state index contributed by atoms with van der Waals surface area (Å²) in [7, 11) is -3.61. The molecule has 1 atom stereocenters. The fourth-order valence-corrected chi connectivity index (χ4v) is 4.48. The molecule has 2 rings (SSSR count). The maximum absolute atomic E-state index is 12.8. The third-order valence-corrected chi connectivity index (χ3v) is 6.16. The molecule has 0 unspecified atom stereocenters. The zero-order chi connectivity index (χ0) is 18.4. The molecule has 0 spiro atoms. The van der Waals surface area contributed by atoms with E-state index in [0.29, 0.717) is 19.5 Å². The molecule has 0 aliphatic carbocycles. The van der Waals surface area contributed by atoms with Crippen LogP contribution < -0.4 is 10.6 Å². The normalized spacial score (nSPS) is 18.1. The Labute approximate surface area is 148 Å². The maximum atomic E-state index is 12.8. The van der Waals surface area contributed by atoms with Crippen molar-refractivity contribution in [1.29, 1.82) is 0 Å². The standard InChI is InChI=1S/C17H25N3O4S/c1-3-10-18-16(21)17(22)19-12-14-5-4-11-20(14)25(23,24)15-8-6-13(2)7-9-15/h6-9,14H,3-5,10-12H2,1-2H3,(H,18,21)(H,19,22)/t14-/m1/s1. The number of rotatable bonds is 6. The first kappa shape index (κ1) is 19.4. The lowest BCUT2D eigenvalue weighted by molar-refractivity contribution is -0.139. The van der Waals surface area contributed by atoms with Crippen molar-refractivity contribution in [3.63, 3.8) is 0 Å². The fraction of sp³-hybridized carbons (Fsp3) is 0.529. The first-order valence-electron chi connectivity index (χ1n) is 8.50.